The zero-order valence-corrected chi connectivity index (χ0v) is 19.9. The van der Waals surface area contributed by atoms with E-state index in [0.29, 0.717) is 42.3 Å². The molecule has 1 aliphatic heterocycles. The molecule has 0 spiro atoms. The lowest BCUT2D eigenvalue weighted by atomic mass is 10.1. The molecule has 0 atom stereocenters. The standard InChI is InChI=1S/C25H26N4O4S/c1-32-21-9-8-17(15-22(21)33-2)10-12-26-23(30)18-5-3-6-19(16-18)28-25(31)29-13-14-34-24-20(29)7-4-11-27-24/h3-9,11,15-16H,10,12-14H2,1-2H3,(H,26,30)(H,28,31). The second-order valence-electron chi connectivity index (χ2n) is 7.53. The first-order valence-electron chi connectivity index (χ1n) is 10.8. The van der Waals surface area contributed by atoms with Crippen LogP contribution in [-0.4, -0.2) is 50.0 Å². The number of thioether (sulfide) groups is 1. The van der Waals surface area contributed by atoms with Crippen LogP contribution in [-0.2, 0) is 6.42 Å². The third-order valence-corrected chi connectivity index (χ3v) is 6.34. The minimum Gasteiger partial charge on any atom is -0.493 e. The van der Waals surface area contributed by atoms with Gasteiger partial charge in [-0.3, -0.25) is 9.69 Å². The van der Waals surface area contributed by atoms with Gasteiger partial charge in [0.1, 0.15) is 5.03 Å². The Bertz CT molecular complexity index is 1190. The second-order valence-corrected chi connectivity index (χ2v) is 8.62. The summed E-state index contributed by atoms with van der Waals surface area (Å²) in [6, 6.07) is 16.0. The molecule has 0 unspecified atom stereocenters. The molecule has 2 aromatic carbocycles. The Morgan fingerprint density at radius 3 is 2.74 bits per heavy atom. The Hall–Kier alpha value is -3.72. The van der Waals surface area contributed by atoms with Crippen LogP contribution in [0.3, 0.4) is 0 Å². The molecule has 176 valence electrons. The molecular weight excluding hydrogens is 452 g/mol. The minimum absolute atomic E-state index is 0.208. The number of pyridine rings is 1. The van der Waals surface area contributed by atoms with Crippen LogP contribution < -0.4 is 25.0 Å². The van der Waals surface area contributed by atoms with Crippen molar-refractivity contribution in [1.29, 1.82) is 0 Å². The molecule has 0 saturated heterocycles. The van der Waals surface area contributed by atoms with Crippen LogP contribution in [0.5, 0.6) is 11.5 Å². The van der Waals surface area contributed by atoms with Crippen molar-refractivity contribution >= 4 is 35.1 Å². The number of benzene rings is 2. The van der Waals surface area contributed by atoms with Gasteiger partial charge in [0.05, 0.1) is 19.9 Å². The van der Waals surface area contributed by atoms with Crippen molar-refractivity contribution < 1.29 is 19.1 Å². The lowest BCUT2D eigenvalue weighted by Gasteiger charge is -2.28. The molecule has 1 aromatic heterocycles. The quantitative estimate of drug-likeness (QED) is 0.528. The zero-order valence-electron chi connectivity index (χ0n) is 19.0. The number of aromatic nitrogens is 1. The summed E-state index contributed by atoms with van der Waals surface area (Å²) in [6.07, 6.45) is 2.36. The van der Waals surface area contributed by atoms with Gasteiger partial charge in [0.25, 0.3) is 5.91 Å². The Kier molecular flexibility index (Phi) is 7.54. The van der Waals surface area contributed by atoms with Crippen molar-refractivity contribution in [2.24, 2.45) is 0 Å². The van der Waals surface area contributed by atoms with E-state index in [1.54, 1.807) is 61.3 Å². The topological polar surface area (TPSA) is 92.8 Å². The first-order chi connectivity index (χ1) is 16.6. The van der Waals surface area contributed by atoms with Crippen molar-refractivity contribution in [1.82, 2.24) is 10.3 Å². The highest BCUT2D eigenvalue weighted by molar-refractivity contribution is 7.99. The number of nitrogens with zero attached hydrogens (tertiary/aromatic N) is 2. The number of ether oxygens (including phenoxy) is 2. The van der Waals surface area contributed by atoms with Gasteiger partial charge >= 0.3 is 6.03 Å². The largest absolute Gasteiger partial charge is 0.493 e. The van der Waals surface area contributed by atoms with E-state index in [1.807, 2.05) is 30.3 Å². The van der Waals surface area contributed by atoms with Crippen molar-refractivity contribution in [2.45, 2.75) is 11.4 Å². The second kappa shape index (κ2) is 10.9. The molecule has 2 heterocycles. The van der Waals surface area contributed by atoms with Crippen LogP contribution in [0.25, 0.3) is 0 Å². The third kappa shape index (κ3) is 5.43. The van der Waals surface area contributed by atoms with Gasteiger partial charge in [-0.2, -0.15) is 0 Å². The van der Waals surface area contributed by atoms with Crippen molar-refractivity contribution in [3.05, 3.63) is 71.9 Å². The predicted octanol–water partition coefficient (Wildman–Crippen LogP) is 4.22. The van der Waals surface area contributed by atoms with Gasteiger partial charge in [0, 0.05) is 36.3 Å². The Labute approximate surface area is 202 Å². The summed E-state index contributed by atoms with van der Waals surface area (Å²) in [4.78, 5) is 31.6. The zero-order chi connectivity index (χ0) is 23.9. The van der Waals surface area contributed by atoms with Crippen LogP contribution in [0.4, 0.5) is 16.2 Å². The van der Waals surface area contributed by atoms with Gasteiger partial charge in [-0.05, 0) is 54.4 Å². The van der Waals surface area contributed by atoms with E-state index >= 15 is 0 Å². The fourth-order valence-corrected chi connectivity index (χ4v) is 4.58. The average molecular weight is 479 g/mol. The molecule has 8 nitrogen and oxygen atoms in total. The van der Waals surface area contributed by atoms with Gasteiger partial charge in [-0.1, -0.05) is 12.1 Å². The van der Waals surface area contributed by atoms with Crippen LogP contribution in [0, 0.1) is 0 Å². The number of carbonyl (C=O) groups excluding carboxylic acids is 2. The number of rotatable bonds is 7. The van der Waals surface area contributed by atoms with E-state index in [4.69, 9.17) is 9.47 Å². The predicted molar refractivity (Wildman–Crippen MR) is 133 cm³/mol. The molecule has 0 fully saturated rings. The summed E-state index contributed by atoms with van der Waals surface area (Å²) < 4.78 is 10.6. The minimum atomic E-state index is -0.249. The van der Waals surface area contributed by atoms with Crippen molar-refractivity contribution in [3.63, 3.8) is 0 Å². The fraction of sp³-hybridized carbons (Fsp3) is 0.240. The highest BCUT2D eigenvalue weighted by Gasteiger charge is 2.23. The van der Waals surface area contributed by atoms with E-state index in [1.165, 1.54) is 0 Å². The molecule has 3 amide bonds. The number of hydrogen-bond acceptors (Lipinski definition) is 6. The number of methoxy groups -OCH3 is 2. The maximum Gasteiger partial charge on any atom is 0.326 e. The first-order valence-corrected chi connectivity index (χ1v) is 11.8. The van der Waals surface area contributed by atoms with Gasteiger partial charge in [-0.25, -0.2) is 9.78 Å². The van der Waals surface area contributed by atoms with Crippen LogP contribution in [0.2, 0.25) is 0 Å². The maximum absolute atomic E-state index is 12.9. The summed E-state index contributed by atoms with van der Waals surface area (Å²) in [5.74, 6) is 1.89. The van der Waals surface area contributed by atoms with Gasteiger partial charge in [0.15, 0.2) is 11.5 Å². The summed E-state index contributed by atoms with van der Waals surface area (Å²) in [5.41, 5.74) is 2.84. The molecule has 9 heteroatoms. The summed E-state index contributed by atoms with van der Waals surface area (Å²) in [5, 5.41) is 6.66. The number of urea groups is 1. The molecule has 0 radical (unpaired) electrons. The number of fused-ring (bicyclic) bond motifs is 1. The van der Waals surface area contributed by atoms with Crippen LogP contribution in [0.1, 0.15) is 15.9 Å². The van der Waals surface area contributed by atoms with Gasteiger partial charge in [-0.15, -0.1) is 11.8 Å². The van der Waals surface area contributed by atoms with E-state index in [2.05, 4.69) is 15.6 Å². The number of anilines is 2. The van der Waals surface area contributed by atoms with Crippen LogP contribution in [0.15, 0.2) is 65.8 Å². The number of carbonyl (C=O) groups is 2. The molecule has 3 aromatic rings. The maximum atomic E-state index is 12.9. The van der Waals surface area contributed by atoms with E-state index in [9.17, 15) is 9.59 Å². The Morgan fingerprint density at radius 2 is 1.91 bits per heavy atom. The lowest BCUT2D eigenvalue weighted by Crippen LogP contribution is -2.39. The normalized spacial score (nSPS) is 12.5. The van der Waals surface area contributed by atoms with E-state index in [0.717, 1.165) is 22.0 Å². The lowest BCUT2D eigenvalue weighted by molar-refractivity contribution is 0.0954. The highest BCUT2D eigenvalue weighted by Crippen LogP contribution is 2.32. The molecular formula is C25H26N4O4S. The monoisotopic (exact) mass is 478 g/mol. The molecule has 4 rings (SSSR count). The number of nitrogens with one attached hydrogen (secondary N) is 2. The van der Waals surface area contributed by atoms with Crippen LogP contribution >= 0.6 is 11.8 Å². The van der Waals surface area contributed by atoms with E-state index < -0.39 is 0 Å². The summed E-state index contributed by atoms with van der Waals surface area (Å²) in [6.45, 7) is 1.05. The molecule has 0 aliphatic carbocycles. The van der Waals surface area contributed by atoms with Crippen molar-refractivity contribution in [2.75, 3.05) is 43.3 Å². The van der Waals surface area contributed by atoms with E-state index in [-0.39, 0.29) is 11.9 Å². The third-order valence-electron chi connectivity index (χ3n) is 5.36. The number of hydrogen-bond donors (Lipinski definition) is 2. The summed E-state index contributed by atoms with van der Waals surface area (Å²) >= 11 is 1.63. The summed E-state index contributed by atoms with van der Waals surface area (Å²) in [7, 11) is 3.19. The first kappa shape index (κ1) is 23.4. The van der Waals surface area contributed by atoms with Gasteiger partial charge in [0.2, 0.25) is 0 Å². The highest BCUT2D eigenvalue weighted by atomic mass is 32.2. The molecule has 34 heavy (non-hydrogen) atoms. The molecule has 0 saturated carbocycles. The molecule has 0 bridgehead atoms. The van der Waals surface area contributed by atoms with Gasteiger partial charge < -0.3 is 20.1 Å². The Balaban J connectivity index is 1.35. The Morgan fingerprint density at radius 1 is 1.06 bits per heavy atom. The smallest absolute Gasteiger partial charge is 0.326 e. The number of amides is 3. The molecule has 1 aliphatic rings. The van der Waals surface area contributed by atoms with Crippen molar-refractivity contribution in [3.8, 4) is 11.5 Å². The average Bonchev–Trinajstić information content (AvgIpc) is 2.88. The molecule has 2 N–H and O–H groups in total. The SMILES string of the molecule is COc1ccc(CCNC(=O)c2cccc(NC(=O)N3CCSc4ncccc43)c2)cc1OC. The fourth-order valence-electron chi connectivity index (χ4n) is 3.65.